The highest BCUT2D eigenvalue weighted by molar-refractivity contribution is 5.94. The second kappa shape index (κ2) is 9.51. The molecule has 0 spiro atoms. The van der Waals surface area contributed by atoms with Crippen molar-refractivity contribution in [3.05, 3.63) is 83.3 Å². The van der Waals surface area contributed by atoms with Crippen LogP contribution in [0.25, 0.3) is 0 Å². The Bertz CT molecular complexity index is 1050. The minimum Gasteiger partial charge on any atom is -0.352 e. The van der Waals surface area contributed by atoms with Crippen LogP contribution in [0.2, 0.25) is 0 Å². The van der Waals surface area contributed by atoms with Gasteiger partial charge >= 0.3 is 0 Å². The Morgan fingerprint density at radius 1 is 1.16 bits per heavy atom. The molecule has 0 radical (unpaired) electrons. The summed E-state index contributed by atoms with van der Waals surface area (Å²) in [6, 6.07) is 15.0. The van der Waals surface area contributed by atoms with E-state index >= 15 is 0 Å². The summed E-state index contributed by atoms with van der Waals surface area (Å²) in [6.07, 6.45) is 2.05. The molecule has 0 saturated carbocycles. The number of nitrogens with zero attached hydrogens (tertiary/aromatic N) is 3. The summed E-state index contributed by atoms with van der Waals surface area (Å²) >= 11 is 0. The molecule has 1 aromatic heterocycles. The molecule has 1 saturated heterocycles. The van der Waals surface area contributed by atoms with E-state index in [-0.39, 0.29) is 24.3 Å². The molecule has 3 aromatic rings. The van der Waals surface area contributed by atoms with E-state index in [0.29, 0.717) is 43.2 Å². The first-order valence-electron chi connectivity index (χ1n) is 10.3. The minimum atomic E-state index is -0.450. The number of rotatable bonds is 7. The zero-order valence-electron chi connectivity index (χ0n) is 17.0. The summed E-state index contributed by atoms with van der Waals surface area (Å²) in [5, 5.41) is 6.89. The summed E-state index contributed by atoms with van der Waals surface area (Å²) in [5.74, 6) is -0.0353. The van der Waals surface area contributed by atoms with Crippen molar-refractivity contribution in [3.8, 4) is 0 Å². The first-order valence-corrected chi connectivity index (χ1v) is 10.3. The first kappa shape index (κ1) is 20.7. The summed E-state index contributed by atoms with van der Waals surface area (Å²) in [4.78, 5) is 31.0. The Kier molecular flexibility index (Phi) is 6.35. The monoisotopic (exact) mass is 422 g/mol. The van der Waals surface area contributed by atoms with Crippen LogP contribution in [0.4, 0.5) is 4.39 Å². The predicted molar refractivity (Wildman–Crippen MR) is 110 cm³/mol. The van der Waals surface area contributed by atoms with Gasteiger partial charge in [-0.25, -0.2) is 4.39 Å². The molecule has 1 N–H and O–H groups in total. The van der Waals surface area contributed by atoms with E-state index in [9.17, 15) is 14.0 Å². The number of likely N-dealkylation sites (tertiary alicyclic amines) is 1. The molecule has 8 heteroatoms. The number of amides is 2. The quantitative estimate of drug-likeness (QED) is 0.630. The molecular formula is C23H23FN4O3. The molecule has 7 nitrogen and oxygen atoms in total. The number of carbonyl (C=O) groups excluding carboxylic acids is 2. The highest BCUT2D eigenvalue weighted by atomic mass is 19.1. The molecular weight excluding hydrogens is 399 g/mol. The fourth-order valence-electron chi connectivity index (χ4n) is 3.68. The standard InChI is InChI=1S/C23H23FN4O3/c24-18-9-4-8-17(14-18)23(30)28-13-5-10-19(28)22-26-21(31-27-22)12-11-20(29)25-15-16-6-2-1-3-7-16/h1-4,6-9,14,19H,5,10-13,15H2,(H,25,29). The molecule has 2 aromatic carbocycles. The van der Waals surface area contributed by atoms with Crippen LogP contribution in [0.1, 0.15) is 52.9 Å². The van der Waals surface area contributed by atoms with E-state index in [1.54, 1.807) is 11.0 Å². The average molecular weight is 422 g/mol. The first-order chi connectivity index (χ1) is 15.1. The van der Waals surface area contributed by atoms with Crippen molar-refractivity contribution < 1.29 is 18.5 Å². The van der Waals surface area contributed by atoms with Crippen LogP contribution in [-0.2, 0) is 17.8 Å². The maximum Gasteiger partial charge on any atom is 0.254 e. The third kappa shape index (κ3) is 5.14. The normalized spacial score (nSPS) is 15.8. The highest BCUT2D eigenvalue weighted by Gasteiger charge is 2.34. The van der Waals surface area contributed by atoms with Crippen molar-refractivity contribution in [2.45, 2.75) is 38.3 Å². The van der Waals surface area contributed by atoms with Crippen LogP contribution in [-0.4, -0.2) is 33.4 Å². The SMILES string of the molecule is O=C(CCc1nc(C2CCCN2C(=O)c2cccc(F)c2)no1)NCc1ccccc1. The Morgan fingerprint density at radius 2 is 2.00 bits per heavy atom. The van der Waals surface area contributed by atoms with Gasteiger partial charge in [-0.3, -0.25) is 9.59 Å². The molecule has 4 rings (SSSR count). The summed E-state index contributed by atoms with van der Waals surface area (Å²) < 4.78 is 18.8. The lowest BCUT2D eigenvalue weighted by molar-refractivity contribution is -0.121. The number of aryl methyl sites for hydroxylation is 1. The van der Waals surface area contributed by atoms with Crippen molar-refractivity contribution in [1.29, 1.82) is 0 Å². The summed E-state index contributed by atoms with van der Waals surface area (Å²) in [5.41, 5.74) is 1.32. The highest BCUT2D eigenvalue weighted by Crippen LogP contribution is 2.31. The number of hydrogen-bond donors (Lipinski definition) is 1. The number of hydrogen-bond acceptors (Lipinski definition) is 5. The van der Waals surface area contributed by atoms with Gasteiger partial charge < -0.3 is 14.7 Å². The van der Waals surface area contributed by atoms with Crippen LogP contribution >= 0.6 is 0 Å². The van der Waals surface area contributed by atoms with Crippen LogP contribution in [0.15, 0.2) is 59.1 Å². The predicted octanol–water partition coefficient (Wildman–Crippen LogP) is 3.44. The van der Waals surface area contributed by atoms with E-state index in [0.717, 1.165) is 12.0 Å². The van der Waals surface area contributed by atoms with E-state index in [2.05, 4.69) is 15.5 Å². The summed E-state index contributed by atoms with van der Waals surface area (Å²) in [6.45, 7) is 1.01. The zero-order valence-corrected chi connectivity index (χ0v) is 17.0. The number of carbonyl (C=O) groups is 2. The lowest BCUT2D eigenvalue weighted by atomic mass is 10.1. The van der Waals surface area contributed by atoms with Gasteiger partial charge in [0.2, 0.25) is 11.8 Å². The zero-order chi connectivity index (χ0) is 21.6. The number of benzene rings is 2. The van der Waals surface area contributed by atoms with Gasteiger partial charge in [0.15, 0.2) is 5.82 Å². The smallest absolute Gasteiger partial charge is 0.254 e. The topological polar surface area (TPSA) is 88.3 Å². The Morgan fingerprint density at radius 3 is 2.81 bits per heavy atom. The van der Waals surface area contributed by atoms with Gasteiger partial charge in [0.1, 0.15) is 5.82 Å². The second-order valence-electron chi connectivity index (χ2n) is 7.48. The Balaban J connectivity index is 1.33. The minimum absolute atomic E-state index is 0.104. The molecule has 31 heavy (non-hydrogen) atoms. The average Bonchev–Trinajstić information content (AvgIpc) is 3.46. The molecule has 1 atom stereocenters. The largest absolute Gasteiger partial charge is 0.352 e. The maximum atomic E-state index is 13.5. The van der Waals surface area contributed by atoms with Gasteiger partial charge in [-0.05, 0) is 36.6 Å². The third-order valence-corrected chi connectivity index (χ3v) is 5.27. The van der Waals surface area contributed by atoms with E-state index < -0.39 is 5.82 Å². The van der Waals surface area contributed by atoms with Crippen LogP contribution < -0.4 is 5.32 Å². The van der Waals surface area contributed by atoms with Gasteiger partial charge in [-0.15, -0.1) is 0 Å². The fourth-order valence-corrected chi connectivity index (χ4v) is 3.68. The Hall–Kier alpha value is -3.55. The van der Waals surface area contributed by atoms with E-state index in [1.165, 1.54) is 18.2 Å². The third-order valence-electron chi connectivity index (χ3n) is 5.27. The summed E-state index contributed by atoms with van der Waals surface area (Å²) in [7, 11) is 0. The van der Waals surface area contributed by atoms with Gasteiger partial charge in [0, 0.05) is 31.5 Å². The number of nitrogens with one attached hydrogen (secondary N) is 1. The lowest BCUT2D eigenvalue weighted by Gasteiger charge is -2.22. The number of aromatic nitrogens is 2. The Labute approximate surface area is 179 Å². The van der Waals surface area contributed by atoms with Crippen LogP contribution in [0.3, 0.4) is 0 Å². The van der Waals surface area contributed by atoms with Crippen molar-refractivity contribution in [1.82, 2.24) is 20.4 Å². The van der Waals surface area contributed by atoms with Gasteiger partial charge in [-0.1, -0.05) is 41.6 Å². The molecule has 1 fully saturated rings. The molecule has 0 bridgehead atoms. The lowest BCUT2D eigenvalue weighted by Crippen LogP contribution is -2.31. The van der Waals surface area contributed by atoms with Gasteiger partial charge in [-0.2, -0.15) is 4.98 Å². The molecule has 1 aliphatic rings. The second-order valence-corrected chi connectivity index (χ2v) is 7.48. The van der Waals surface area contributed by atoms with Crippen LogP contribution in [0, 0.1) is 5.82 Å². The van der Waals surface area contributed by atoms with Crippen molar-refractivity contribution >= 4 is 11.8 Å². The van der Waals surface area contributed by atoms with Crippen molar-refractivity contribution in [3.63, 3.8) is 0 Å². The molecule has 2 heterocycles. The van der Waals surface area contributed by atoms with Gasteiger partial charge in [0.25, 0.3) is 5.91 Å². The molecule has 1 aliphatic heterocycles. The molecule has 160 valence electrons. The number of halogens is 1. The van der Waals surface area contributed by atoms with Crippen molar-refractivity contribution in [2.75, 3.05) is 6.54 Å². The van der Waals surface area contributed by atoms with Crippen LogP contribution in [0.5, 0.6) is 0 Å². The van der Waals surface area contributed by atoms with E-state index in [4.69, 9.17) is 4.52 Å². The van der Waals surface area contributed by atoms with Gasteiger partial charge in [0.05, 0.1) is 6.04 Å². The van der Waals surface area contributed by atoms with Crippen molar-refractivity contribution in [2.24, 2.45) is 0 Å². The molecule has 2 amide bonds. The molecule has 1 unspecified atom stereocenters. The fraction of sp³-hybridized carbons (Fsp3) is 0.304. The maximum absolute atomic E-state index is 13.5. The molecule has 0 aliphatic carbocycles. The van der Waals surface area contributed by atoms with E-state index in [1.807, 2.05) is 30.3 Å².